The van der Waals surface area contributed by atoms with E-state index in [1.807, 2.05) is 11.8 Å². The second-order valence-corrected chi connectivity index (χ2v) is 5.56. The van der Waals surface area contributed by atoms with Crippen LogP contribution in [-0.2, 0) is 4.79 Å². The molecule has 1 N–H and O–H groups in total. The van der Waals surface area contributed by atoms with Crippen LogP contribution in [0.15, 0.2) is 24.3 Å². The lowest BCUT2D eigenvalue weighted by Crippen LogP contribution is -2.26. The van der Waals surface area contributed by atoms with E-state index in [0.29, 0.717) is 11.3 Å². The fraction of sp³-hybridized carbons (Fsp3) is 0.357. The normalized spacial score (nSPS) is 16.6. The van der Waals surface area contributed by atoms with Gasteiger partial charge in [0.1, 0.15) is 5.82 Å². The molecule has 1 saturated heterocycles. The molecule has 1 heterocycles. The first-order valence-electron chi connectivity index (χ1n) is 6.20. The number of rotatable bonds is 3. The molecule has 1 aliphatic rings. The van der Waals surface area contributed by atoms with Crippen LogP contribution < -0.4 is 4.90 Å². The Hall–Kier alpha value is -1.49. The minimum absolute atomic E-state index is 0.292. The molecule has 0 saturated carbocycles. The van der Waals surface area contributed by atoms with Crippen LogP contribution in [0.3, 0.4) is 0 Å². The lowest BCUT2D eigenvalue weighted by Gasteiger charge is -2.22. The lowest BCUT2D eigenvalue weighted by molar-refractivity contribution is -0.131. The number of halogens is 1. The third-order valence-corrected chi connectivity index (χ3v) is 4.00. The quantitative estimate of drug-likeness (QED) is 0.865. The molecule has 0 bridgehead atoms. The molecule has 1 aliphatic heterocycles. The van der Waals surface area contributed by atoms with E-state index in [-0.39, 0.29) is 5.82 Å². The summed E-state index contributed by atoms with van der Waals surface area (Å²) >= 11 is 1.89. The van der Waals surface area contributed by atoms with Gasteiger partial charge in [0.05, 0.1) is 5.69 Å². The van der Waals surface area contributed by atoms with E-state index in [9.17, 15) is 9.18 Å². The lowest BCUT2D eigenvalue weighted by atomic mass is 10.1. The third-order valence-electron chi connectivity index (χ3n) is 2.95. The Morgan fingerprint density at radius 3 is 2.95 bits per heavy atom. The maximum atomic E-state index is 14.1. The molecule has 5 heteroatoms. The minimum atomic E-state index is -1.03. The predicted molar refractivity (Wildman–Crippen MR) is 77.2 cm³/mol. The van der Waals surface area contributed by atoms with Crippen molar-refractivity contribution in [2.75, 3.05) is 29.5 Å². The maximum absolute atomic E-state index is 14.1. The molecular formula is C14H16FNO2S. The van der Waals surface area contributed by atoms with E-state index in [4.69, 9.17) is 5.11 Å². The van der Waals surface area contributed by atoms with Gasteiger partial charge in [0.25, 0.3) is 0 Å². The maximum Gasteiger partial charge on any atom is 0.328 e. The Bertz CT molecular complexity index is 482. The average molecular weight is 281 g/mol. The Morgan fingerprint density at radius 1 is 1.37 bits per heavy atom. The molecule has 2 rings (SSSR count). The number of benzene rings is 1. The first-order chi connectivity index (χ1) is 9.16. The van der Waals surface area contributed by atoms with Gasteiger partial charge in [0.2, 0.25) is 0 Å². The van der Waals surface area contributed by atoms with E-state index in [1.54, 1.807) is 12.1 Å². The van der Waals surface area contributed by atoms with Gasteiger partial charge in [0.15, 0.2) is 0 Å². The Balaban J connectivity index is 2.16. The molecule has 0 unspecified atom stereocenters. The molecule has 102 valence electrons. The molecule has 0 spiro atoms. The van der Waals surface area contributed by atoms with Crippen molar-refractivity contribution in [1.29, 1.82) is 0 Å². The van der Waals surface area contributed by atoms with Crippen molar-refractivity contribution in [1.82, 2.24) is 0 Å². The summed E-state index contributed by atoms with van der Waals surface area (Å²) in [7, 11) is 0. The van der Waals surface area contributed by atoms with E-state index in [2.05, 4.69) is 4.90 Å². The number of nitrogens with zero attached hydrogens (tertiary/aromatic N) is 1. The first-order valence-corrected chi connectivity index (χ1v) is 7.35. The summed E-state index contributed by atoms with van der Waals surface area (Å²) in [4.78, 5) is 12.5. The van der Waals surface area contributed by atoms with Gasteiger partial charge in [0, 0.05) is 24.9 Å². The Morgan fingerprint density at radius 2 is 2.21 bits per heavy atom. The van der Waals surface area contributed by atoms with Gasteiger partial charge in [-0.2, -0.15) is 11.8 Å². The zero-order valence-electron chi connectivity index (χ0n) is 10.5. The average Bonchev–Trinajstić information content (AvgIpc) is 2.65. The highest BCUT2D eigenvalue weighted by molar-refractivity contribution is 7.99. The molecular weight excluding hydrogens is 265 g/mol. The predicted octanol–water partition coefficient (Wildman–Crippen LogP) is 2.87. The second-order valence-electron chi connectivity index (χ2n) is 4.34. The number of aliphatic carboxylic acids is 1. The fourth-order valence-corrected chi connectivity index (χ4v) is 2.92. The van der Waals surface area contributed by atoms with E-state index >= 15 is 0 Å². The summed E-state index contributed by atoms with van der Waals surface area (Å²) < 4.78 is 14.1. The largest absolute Gasteiger partial charge is 0.478 e. The van der Waals surface area contributed by atoms with Crippen molar-refractivity contribution in [3.05, 3.63) is 35.7 Å². The number of carbonyl (C=O) groups is 1. The van der Waals surface area contributed by atoms with E-state index in [1.165, 1.54) is 12.1 Å². The number of hydrogen-bond acceptors (Lipinski definition) is 3. The summed E-state index contributed by atoms with van der Waals surface area (Å²) in [5, 5.41) is 8.54. The summed E-state index contributed by atoms with van der Waals surface area (Å²) in [5.41, 5.74) is 1.17. The molecule has 0 aromatic heterocycles. The molecule has 1 fully saturated rings. The number of anilines is 1. The first kappa shape index (κ1) is 13.9. The van der Waals surface area contributed by atoms with Crippen LogP contribution in [0.4, 0.5) is 10.1 Å². The minimum Gasteiger partial charge on any atom is -0.478 e. The van der Waals surface area contributed by atoms with Crippen LogP contribution in [0.5, 0.6) is 0 Å². The van der Waals surface area contributed by atoms with Gasteiger partial charge in [-0.05, 0) is 35.9 Å². The van der Waals surface area contributed by atoms with Crippen LogP contribution in [-0.4, -0.2) is 35.7 Å². The molecule has 0 aliphatic carbocycles. The molecule has 1 aromatic carbocycles. The smallest absolute Gasteiger partial charge is 0.328 e. The highest BCUT2D eigenvalue weighted by Gasteiger charge is 2.13. The van der Waals surface area contributed by atoms with Crippen molar-refractivity contribution in [2.45, 2.75) is 6.42 Å². The SMILES string of the molecule is O=C(O)/C=C/c1ccc(N2CCCSCC2)c(F)c1. The van der Waals surface area contributed by atoms with Crippen LogP contribution in [0, 0.1) is 5.82 Å². The van der Waals surface area contributed by atoms with Gasteiger partial charge < -0.3 is 10.0 Å². The summed E-state index contributed by atoms with van der Waals surface area (Å²) in [6, 6.07) is 4.86. The summed E-state index contributed by atoms with van der Waals surface area (Å²) in [6.45, 7) is 1.72. The Kier molecular flexibility index (Phi) is 4.85. The summed E-state index contributed by atoms with van der Waals surface area (Å²) in [6.07, 6.45) is 3.47. The topological polar surface area (TPSA) is 40.5 Å². The van der Waals surface area contributed by atoms with Gasteiger partial charge in [-0.15, -0.1) is 0 Å². The molecule has 19 heavy (non-hydrogen) atoms. The number of carboxylic acids is 1. The molecule has 3 nitrogen and oxygen atoms in total. The van der Waals surface area contributed by atoms with E-state index in [0.717, 1.165) is 37.1 Å². The number of hydrogen-bond donors (Lipinski definition) is 1. The number of carboxylic acid groups (broad SMARTS) is 1. The molecule has 0 amide bonds. The zero-order valence-corrected chi connectivity index (χ0v) is 11.3. The van der Waals surface area contributed by atoms with Gasteiger partial charge in [-0.3, -0.25) is 0 Å². The molecule has 0 atom stereocenters. The zero-order chi connectivity index (χ0) is 13.7. The standard InChI is InChI=1S/C14H16FNO2S/c15-12-10-11(3-5-14(17)18)2-4-13(12)16-6-1-8-19-9-7-16/h2-5,10H,1,6-9H2,(H,17,18)/b5-3+. The highest BCUT2D eigenvalue weighted by atomic mass is 32.2. The molecule has 1 aromatic rings. The summed E-state index contributed by atoms with van der Waals surface area (Å²) in [5.74, 6) is 0.811. The van der Waals surface area contributed by atoms with Crippen molar-refractivity contribution in [2.24, 2.45) is 0 Å². The van der Waals surface area contributed by atoms with Crippen LogP contribution in [0.1, 0.15) is 12.0 Å². The van der Waals surface area contributed by atoms with E-state index < -0.39 is 5.97 Å². The van der Waals surface area contributed by atoms with Gasteiger partial charge in [-0.25, -0.2) is 9.18 Å². The monoisotopic (exact) mass is 281 g/mol. The van der Waals surface area contributed by atoms with Gasteiger partial charge in [-0.1, -0.05) is 6.07 Å². The van der Waals surface area contributed by atoms with Crippen LogP contribution in [0.25, 0.3) is 6.08 Å². The second kappa shape index (κ2) is 6.61. The molecule has 0 radical (unpaired) electrons. The van der Waals surface area contributed by atoms with Crippen molar-refractivity contribution in [3.8, 4) is 0 Å². The van der Waals surface area contributed by atoms with Crippen molar-refractivity contribution in [3.63, 3.8) is 0 Å². The van der Waals surface area contributed by atoms with Gasteiger partial charge >= 0.3 is 5.97 Å². The van der Waals surface area contributed by atoms with Crippen molar-refractivity contribution >= 4 is 29.5 Å². The highest BCUT2D eigenvalue weighted by Crippen LogP contribution is 2.23. The fourth-order valence-electron chi connectivity index (χ4n) is 2.04. The Labute approximate surface area is 116 Å². The van der Waals surface area contributed by atoms with Crippen molar-refractivity contribution < 1.29 is 14.3 Å². The van der Waals surface area contributed by atoms with Crippen LogP contribution >= 0.6 is 11.8 Å². The number of thioether (sulfide) groups is 1. The third kappa shape index (κ3) is 3.99. The van der Waals surface area contributed by atoms with Crippen LogP contribution in [0.2, 0.25) is 0 Å².